The first kappa shape index (κ1) is 36.4. The van der Waals surface area contributed by atoms with E-state index in [1.54, 1.807) is 0 Å². The number of rotatable bonds is 12. The minimum absolute atomic E-state index is 0.0602. The summed E-state index contributed by atoms with van der Waals surface area (Å²) in [6, 6.07) is 55.2. The quantitative estimate of drug-likeness (QED) is 0.116. The van der Waals surface area contributed by atoms with E-state index < -0.39 is 0 Å². The Morgan fingerprint density at radius 2 is 1.12 bits per heavy atom. The third-order valence-corrected chi connectivity index (χ3v) is 12.6. The van der Waals surface area contributed by atoms with Gasteiger partial charge in [0, 0.05) is 50.7 Å². The summed E-state index contributed by atoms with van der Waals surface area (Å²) in [5.41, 5.74) is 19.8. The Morgan fingerprint density at radius 3 is 1.86 bits per heavy atom. The second-order valence-corrected chi connectivity index (χ2v) is 16.4. The van der Waals surface area contributed by atoms with Crippen molar-refractivity contribution in [3.8, 4) is 22.3 Å². The van der Waals surface area contributed by atoms with Gasteiger partial charge in [0.25, 0.3) is 0 Å². The molecular weight excluding hydrogens is 703 g/mol. The molecule has 0 bridgehead atoms. The van der Waals surface area contributed by atoms with Crippen LogP contribution in [0.1, 0.15) is 76.0 Å². The van der Waals surface area contributed by atoms with Crippen LogP contribution in [-0.2, 0) is 19.3 Å². The highest BCUT2D eigenvalue weighted by molar-refractivity contribution is 6.93. The lowest BCUT2D eigenvalue weighted by Crippen LogP contribution is -2.61. The number of hydrogen-bond acceptors (Lipinski definition) is 3. The Morgan fingerprint density at radius 1 is 0.466 bits per heavy atom. The zero-order valence-electron chi connectivity index (χ0n) is 34.1. The van der Waals surface area contributed by atoms with Gasteiger partial charge in [-0.25, -0.2) is 0 Å². The Labute approximate surface area is 344 Å². The fraction of sp³-hybridized carbons (Fsp3) is 0.222. The fourth-order valence-electron chi connectivity index (χ4n) is 9.61. The Balaban J connectivity index is 1.28. The summed E-state index contributed by atoms with van der Waals surface area (Å²) in [7, 11) is 0. The Bertz CT molecular complexity index is 2770. The first-order chi connectivity index (χ1) is 28.6. The SMILES string of the molecule is CCCCc1ccc(N2B3c4cc5c(cc4N(c4ccc(CCCC)cc4-c4ccccc4)c4cccc(c43)-c3cc(CCCC)ccc32)oc2ccccc25)cc1. The van der Waals surface area contributed by atoms with Gasteiger partial charge < -0.3 is 14.1 Å². The average Bonchev–Trinajstić information content (AvgIpc) is 3.64. The summed E-state index contributed by atoms with van der Waals surface area (Å²) in [5.74, 6) is 0. The lowest BCUT2D eigenvalue weighted by molar-refractivity contribution is 0.669. The molecule has 8 aromatic rings. The molecule has 10 rings (SSSR count). The van der Waals surface area contributed by atoms with Crippen molar-refractivity contribution < 1.29 is 4.42 Å². The van der Waals surface area contributed by atoms with Gasteiger partial charge in [-0.1, -0.05) is 131 Å². The highest BCUT2D eigenvalue weighted by atomic mass is 16.3. The van der Waals surface area contributed by atoms with E-state index in [0.29, 0.717) is 0 Å². The van der Waals surface area contributed by atoms with Gasteiger partial charge in [0.1, 0.15) is 11.2 Å². The molecule has 0 amide bonds. The average molecular weight is 755 g/mol. The zero-order valence-corrected chi connectivity index (χ0v) is 34.1. The summed E-state index contributed by atoms with van der Waals surface area (Å²) >= 11 is 0. The smallest absolute Gasteiger partial charge is 0.333 e. The van der Waals surface area contributed by atoms with Gasteiger partial charge >= 0.3 is 6.85 Å². The third kappa shape index (κ3) is 6.21. The van der Waals surface area contributed by atoms with Crippen LogP contribution in [0, 0.1) is 0 Å². The van der Waals surface area contributed by atoms with Crippen molar-refractivity contribution in [3.05, 3.63) is 162 Å². The van der Waals surface area contributed by atoms with E-state index >= 15 is 0 Å². The van der Waals surface area contributed by atoms with Crippen LogP contribution in [0.4, 0.5) is 28.4 Å². The largest absolute Gasteiger partial charge is 0.456 e. The molecule has 0 spiro atoms. The molecule has 58 heavy (non-hydrogen) atoms. The third-order valence-electron chi connectivity index (χ3n) is 12.6. The van der Waals surface area contributed by atoms with Crippen LogP contribution < -0.4 is 20.6 Å². The number of hydrogen-bond donors (Lipinski definition) is 0. The Hall–Kier alpha value is -6.00. The van der Waals surface area contributed by atoms with E-state index in [4.69, 9.17) is 4.42 Å². The number of benzene rings is 7. The summed E-state index contributed by atoms with van der Waals surface area (Å²) < 4.78 is 6.69. The molecule has 2 aliphatic heterocycles. The van der Waals surface area contributed by atoms with E-state index in [2.05, 4.69) is 176 Å². The van der Waals surface area contributed by atoms with Gasteiger partial charge in [-0.15, -0.1) is 0 Å². The number of anilines is 5. The molecule has 0 unspecified atom stereocenters. The molecule has 7 aromatic carbocycles. The fourth-order valence-corrected chi connectivity index (χ4v) is 9.61. The van der Waals surface area contributed by atoms with Crippen LogP contribution >= 0.6 is 0 Å². The lowest BCUT2D eigenvalue weighted by Gasteiger charge is -2.46. The zero-order chi connectivity index (χ0) is 39.2. The highest BCUT2D eigenvalue weighted by Gasteiger charge is 2.45. The number of unbranched alkanes of at least 4 members (excludes halogenated alkanes) is 3. The van der Waals surface area contributed by atoms with E-state index in [1.807, 2.05) is 0 Å². The first-order valence-electron chi connectivity index (χ1n) is 21.7. The van der Waals surface area contributed by atoms with Crippen molar-refractivity contribution in [2.45, 2.75) is 78.6 Å². The molecule has 3 nitrogen and oxygen atoms in total. The summed E-state index contributed by atoms with van der Waals surface area (Å²) in [6.45, 7) is 6.78. The molecule has 0 radical (unpaired) electrons. The maximum Gasteiger partial charge on any atom is 0.333 e. The minimum atomic E-state index is -0.0602. The number of nitrogens with zero attached hydrogens (tertiary/aromatic N) is 2. The number of aryl methyl sites for hydroxylation is 3. The predicted octanol–water partition coefficient (Wildman–Crippen LogP) is 14.0. The van der Waals surface area contributed by atoms with Crippen molar-refractivity contribution in [1.82, 2.24) is 0 Å². The monoisotopic (exact) mass is 754 g/mol. The van der Waals surface area contributed by atoms with Gasteiger partial charge in [-0.2, -0.15) is 0 Å². The van der Waals surface area contributed by atoms with Gasteiger partial charge in [0.2, 0.25) is 0 Å². The molecule has 0 saturated carbocycles. The van der Waals surface area contributed by atoms with Crippen molar-refractivity contribution >= 4 is 68.1 Å². The van der Waals surface area contributed by atoms with Crippen molar-refractivity contribution in [2.24, 2.45) is 0 Å². The van der Waals surface area contributed by atoms with E-state index in [1.165, 1.54) is 111 Å². The second-order valence-electron chi connectivity index (χ2n) is 16.4. The highest BCUT2D eigenvalue weighted by Crippen LogP contribution is 2.49. The van der Waals surface area contributed by atoms with Gasteiger partial charge in [0.15, 0.2) is 0 Å². The van der Waals surface area contributed by atoms with Gasteiger partial charge in [-0.3, -0.25) is 0 Å². The van der Waals surface area contributed by atoms with Crippen molar-refractivity contribution in [1.29, 1.82) is 0 Å². The molecule has 0 aliphatic carbocycles. The van der Waals surface area contributed by atoms with Crippen molar-refractivity contribution in [2.75, 3.05) is 9.71 Å². The molecule has 4 heteroatoms. The van der Waals surface area contributed by atoms with Crippen LogP contribution in [0.15, 0.2) is 150 Å². The second kappa shape index (κ2) is 15.4. The maximum absolute atomic E-state index is 6.69. The molecule has 3 heterocycles. The van der Waals surface area contributed by atoms with Crippen molar-refractivity contribution in [3.63, 3.8) is 0 Å². The van der Waals surface area contributed by atoms with E-state index in [9.17, 15) is 0 Å². The molecule has 0 saturated heterocycles. The molecule has 0 atom stereocenters. The normalized spacial score (nSPS) is 12.9. The van der Waals surface area contributed by atoms with Crippen LogP contribution in [0.3, 0.4) is 0 Å². The number of furan rings is 1. The molecule has 0 N–H and O–H groups in total. The predicted molar refractivity (Wildman–Crippen MR) is 249 cm³/mol. The van der Waals surface area contributed by atoms with Crippen LogP contribution in [0.2, 0.25) is 0 Å². The standard InChI is InChI=1S/C54H51BN2O/c1-4-7-16-37-25-29-41(30-26-37)57-49-32-28-39(18-9-6-3)34-45(49)43-22-15-23-50-54(43)55(57)47-35-46-42-21-13-14-24-52(42)58-53(46)36-51(47)56(50)48-31-27-38(17-8-5-2)33-44(48)40-19-11-10-12-20-40/h10-15,19-36H,4-9,16-18H2,1-3H3. The summed E-state index contributed by atoms with van der Waals surface area (Å²) in [5, 5.41) is 2.31. The summed E-state index contributed by atoms with van der Waals surface area (Å²) in [4.78, 5) is 5.20. The topological polar surface area (TPSA) is 19.6 Å². The van der Waals surface area contributed by atoms with Crippen LogP contribution in [-0.4, -0.2) is 6.85 Å². The first-order valence-corrected chi connectivity index (χ1v) is 21.7. The molecule has 286 valence electrons. The molecule has 0 fully saturated rings. The maximum atomic E-state index is 6.69. The van der Waals surface area contributed by atoms with E-state index in [-0.39, 0.29) is 6.85 Å². The summed E-state index contributed by atoms with van der Waals surface area (Å²) in [6.07, 6.45) is 10.4. The van der Waals surface area contributed by atoms with Crippen LogP contribution in [0.5, 0.6) is 0 Å². The molecule has 2 aliphatic rings. The van der Waals surface area contributed by atoms with Crippen LogP contribution in [0.25, 0.3) is 44.2 Å². The van der Waals surface area contributed by atoms with Gasteiger partial charge in [-0.05, 0) is 126 Å². The van der Waals surface area contributed by atoms with E-state index in [0.717, 1.165) is 46.9 Å². The lowest BCUT2D eigenvalue weighted by atomic mass is 9.43. The molecule has 1 aromatic heterocycles. The number of para-hydroxylation sites is 1. The molecular formula is C54H51BN2O. The van der Waals surface area contributed by atoms with Gasteiger partial charge in [0.05, 0.1) is 5.69 Å². The minimum Gasteiger partial charge on any atom is -0.456 e. The Kier molecular flexibility index (Phi) is 9.65. The number of fused-ring (bicyclic) bond motifs is 7.